The Bertz CT molecular complexity index is 980. The van der Waals surface area contributed by atoms with E-state index < -0.39 is 10.8 Å². The number of amides is 1. The molecule has 0 unspecified atom stereocenters. The summed E-state index contributed by atoms with van der Waals surface area (Å²) in [5, 5.41) is 21.2. The van der Waals surface area contributed by atoms with Crippen LogP contribution in [-0.4, -0.2) is 21.0 Å². The first-order valence-corrected chi connectivity index (χ1v) is 8.43. The van der Waals surface area contributed by atoms with Crippen molar-refractivity contribution in [2.24, 2.45) is 0 Å². The number of hydrogen-bond donors (Lipinski definition) is 1. The fourth-order valence-corrected chi connectivity index (χ4v) is 2.67. The molecule has 2 aromatic carbocycles. The van der Waals surface area contributed by atoms with Gasteiger partial charge in [0.1, 0.15) is 0 Å². The summed E-state index contributed by atoms with van der Waals surface area (Å²) < 4.78 is 5.47. The molecular formula is C19H18N4O4. The first-order valence-electron chi connectivity index (χ1n) is 8.43. The average molecular weight is 366 g/mol. The number of carbonyl (C=O) groups is 1. The van der Waals surface area contributed by atoms with Crippen LogP contribution in [0.25, 0.3) is 0 Å². The lowest BCUT2D eigenvalue weighted by Crippen LogP contribution is -2.14. The number of carbonyl (C=O) groups excluding carboxylic acids is 1. The third-order valence-corrected chi connectivity index (χ3v) is 4.22. The lowest BCUT2D eigenvalue weighted by atomic mass is 10.1. The fraction of sp³-hybridized carbons (Fsp3) is 0.211. The van der Waals surface area contributed by atoms with Gasteiger partial charge >= 0.3 is 6.01 Å². The van der Waals surface area contributed by atoms with Gasteiger partial charge in [0.25, 0.3) is 11.6 Å². The van der Waals surface area contributed by atoms with Crippen LogP contribution in [0.2, 0.25) is 0 Å². The topological polar surface area (TPSA) is 111 Å². The Morgan fingerprint density at radius 2 is 1.85 bits per heavy atom. The summed E-state index contributed by atoms with van der Waals surface area (Å²) in [6.07, 6.45) is 1.41. The quantitative estimate of drug-likeness (QED) is 0.526. The van der Waals surface area contributed by atoms with Gasteiger partial charge in [-0.25, -0.2) is 0 Å². The van der Waals surface area contributed by atoms with Gasteiger partial charge in [0.2, 0.25) is 5.89 Å². The van der Waals surface area contributed by atoms with Crippen LogP contribution in [-0.2, 0) is 12.8 Å². The predicted octanol–water partition coefficient (Wildman–Crippen LogP) is 3.69. The van der Waals surface area contributed by atoms with Gasteiger partial charge in [0.15, 0.2) is 0 Å². The maximum Gasteiger partial charge on any atom is 0.322 e. The summed E-state index contributed by atoms with van der Waals surface area (Å²) in [6, 6.07) is 12.3. The van der Waals surface area contributed by atoms with Crippen LogP contribution in [0.4, 0.5) is 11.7 Å². The number of aryl methyl sites for hydroxylation is 1. The van der Waals surface area contributed by atoms with Crippen molar-refractivity contribution >= 4 is 17.6 Å². The zero-order valence-corrected chi connectivity index (χ0v) is 14.9. The Kier molecular flexibility index (Phi) is 5.25. The van der Waals surface area contributed by atoms with Gasteiger partial charge in [0, 0.05) is 17.2 Å². The Balaban J connectivity index is 1.71. The SMILES string of the molecule is CCc1ccc(Cc2nnc(NC(=O)c3cccc([N+](=O)[O-])c3C)o2)cc1. The second-order valence-electron chi connectivity index (χ2n) is 6.01. The Hall–Kier alpha value is -3.55. The third kappa shape index (κ3) is 4.17. The highest BCUT2D eigenvalue weighted by molar-refractivity contribution is 6.04. The lowest BCUT2D eigenvalue weighted by Gasteiger charge is -2.05. The molecule has 1 N–H and O–H groups in total. The number of nitro benzene ring substituents is 1. The molecule has 3 rings (SSSR count). The summed E-state index contributed by atoms with van der Waals surface area (Å²) in [5.41, 5.74) is 2.59. The van der Waals surface area contributed by atoms with Crippen LogP contribution < -0.4 is 5.32 Å². The number of aromatic nitrogens is 2. The van der Waals surface area contributed by atoms with E-state index in [0.29, 0.717) is 12.3 Å². The van der Waals surface area contributed by atoms with Crippen molar-refractivity contribution in [3.8, 4) is 0 Å². The second kappa shape index (κ2) is 7.77. The molecule has 1 amide bonds. The molecule has 0 saturated carbocycles. The first kappa shape index (κ1) is 18.2. The Morgan fingerprint density at radius 1 is 1.15 bits per heavy atom. The average Bonchev–Trinajstić information content (AvgIpc) is 3.09. The number of nitrogens with one attached hydrogen (secondary N) is 1. The standard InChI is InChI=1S/C19H18N4O4/c1-3-13-7-9-14(10-8-13)11-17-21-22-19(27-17)20-18(24)15-5-4-6-16(12(15)2)23(25)26/h4-10H,3,11H2,1-2H3,(H,20,22,24). The van der Waals surface area contributed by atoms with Gasteiger partial charge in [-0.1, -0.05) is 42.4 Å². The molecule has 138 valence electrons. The number of benzene rings is 2. The summed E-state index contributed by atoms with van der Waals surface area (Å²) in [7, 11) is 0. The normalized spacial score (nSPS) is 10.6. The molecule has 8 heteroatoms. The molecule has 1 aromatic heterocycles. The molecule has 0 bridgehead atoms. The van der Waals surface area contributed by atoms with E-state index in [0.717, 1.165) is 12.0 Å². The number of nitro groups is 1. The number of hydrogen-bond acceptors (Lipinski definition) is 6. The van der Waals surface area contributed by atoms with E-state index >= 15 is 0 Å². The van der Waals surface area contributed by atoms with E-state index in [1.54, 1.807) is 0 Å². The molecule has 0 aliphatic carbocycles. The number of rotatable bonds is 6. The van der Waals surface area contributed by atoms with Crippen LogP contribution in [0, 0.1) is 17.0 Å². The summed E-state index contributed by atoms with van der Waals surface area (Å²) in [4.78, 5) is 22.9. The van der Waals surface area contributed by atoms with Crippen molar-refractivity contribution in [2.75, 3.05) is 5.32 Å². The molecular weight excluding hydrogens is 348 g/mol. The number of nitrogens with zero attached hydrogens (tertiary/aromatic N) is 3. The monoisotopic (exact) mass is 366 g/mol. The van der Waals surface area contributed by atoms with Crippen LogP contribution in [0.15, 0.2) is 46.9 Å². The van der Waals surface area contributed by atoms with Crippen molar-refractivity contribution in [1.82, 2.24) is 10.2 Å². The van der Waals surface area contributed by atoms with Crippen molar-refractivity contribution < 1.29 is 14.1 Å². The molecule has 8 nitrogen and oxygen atoms in total. The van der Waals surface area contributed by atoms with Gasteiger partial charge in [-0.3, -0.25) is 20.2 Å². The minimum atomic E-state index is -0.543. The zero-order valence-electron chi connectivity index (χ0n) is 14.9. The highest BCUT2D eigenvalue weighted by Gasteiger charge is 2.19. The van der Waals surface area contributed by atoms with Crippen molar-refractivity contribution in [3.63, 3.8) is 0 Å². The summed E-state index contributed by atoms with van der Waals surface area (Å²) >= 11 is 0. The van der Waals surface area contributed by atoms with Crippen molar-refractivity contribution in [2.45, 2.75) is 26.7 Å². The van der Waals surface area contributed by atoms with E-state index in [2.05, 4.69) is 22.4 Å². The lowest BCUT2D eigenvalue weighted by molar-refractivity contribution is -0.385. The predicted molar refractivity (Wildman–Crippen MR) is 98.7 cm³/mol. The molecule has 3 aromatic rings. The smallest absolute Gasteiger partial charge is 0.322 e. The Morgan fingerprint density at radius 3 is 2.52 bits per heavy atom. The van der Waals surface area contributed by atoms with E-state index in [-0.39, 0.29) is 22.8 Å². The van der Waals surface area contributed by atoms with E-state index in [9.17, 15) is 14.9 Å². The molecule has 0 atom stereocenters. The molecule has 27 heavy (non-hydrogen) atoms. The maximum atomic E-state index is 12.4. The van der Waals surface area contributed by atoms with Crippen LogP contribution >= 0.6 is 0 Å². The van der Waals surface area contributed by atoms with Gasteiger partial charge in [-0.2, -0.15) is 0 Å². The Labute approximate surface area is 155 Å². The van der Waals surface area contributed by atoms with E-state index in [1.165, 1.54) is 30.7 Å². The highest BCUT2D eigenvalue weighted by atomic mass is 16.6. The third-order valence-electron chi connectivity index (χ3n) is 4.22. The fourth-order valence-electron chi connectivity index (χ4n) is 2.67. The molecule has 0 radical (unpaired) electrons. The molecule has 0 aliphatic rings. The number of anilines is 1. The highest BCUT2D eigenvalue weighted by Crippen LogP contribution is 2.22. The molecule has 0 aliphatic heterocycles. The maximum absolute atomic E-state index is 12.4. The molecule has 0 saturated heterocycles. The van der Waals surface area contributed by atoms with Crippen molar-refractivity contribution in [3.05, 3.63) is 80.7 Å². The molecule has 0 fully saturated rings. The van der Waals surface area contributed by atoms with Gasteiger partial charge in [-0.05, 0) is 30.5 Å². The van der Waals surface area contributed by atoms with Crippen molar-refractivity contribution in [1.29, 1.82) is 0 Å². The summed E-state index contributed by atoms with van der Waals surface area (Å²) in [6.45, 7) is 3.61. The van der Waals surface area contributed by atoms with Gasteiger partial charge in [0.05, 0.1) is 11.3 Å². The van der Waals surface area contributed by atoms with Gasteiger partial charge < -0.3 is 4.42 Å². The first-order chi connectivity index (χ1) is 13.0. The molecule has 0 spiro atoms. The minimum Gasteiger partial charge on any atom is -0.407 e. The zero-order chi connectivity index (χ0) is 19.4. The largest absolute Gasteiger partial charge is 0.407 e. The minimum absolute atomic E-state index is 0.0499. The van der Waals surface area contributed by atoms with Crippen LogP contribution in [0.3, 0.4) is 0 Å². The molecule has 1 heterocycles. The summed E-state index contributed by atoms with van der Waals surface area (Å²) in [5.74, 6) is -0.177. The van der Waals surface area contributed by atoms with Gasteiger partial charge in [-0.15, -0.1) is 5.10 Å². The van der Waals surface area contributed by atoms with E-state index in [1.807, 2.05) is 24.3 Å². The van der Waals surface area contributed by atoms with Crippen LogP contribution in [0.5, 0.6) is 0 Å². The van der Waals surface area contributed by atoms with E-state index in [4.69, 9.17) is 4.42 Å². The second-order valence-corrected chi connectivity index (χ2v) is 6.01. The van der Waals surface area contributed by atoms with Crippen LogP contribution in [0.1, 0.15) is 39.9 Å².